The van der Waals surface area contributed by atoms with Crippen LogP contribution < -0.4 is 0 Å². The van der Waals surface area contributed by atoms with Crippen LogP contribution in [0, 0.1) is 0 Å². The van der Waals surface area contributed by atoms with E-state index in [0.29, 0.717) is 11.8 Å². The summed E-state index contributed by atoms with van der Waals surface area (Å²) in [6.07, 6.45) is -3.82. The van der Waals surface area contributed by atoms with Crippen molar-refractivity contribution in [2.75, 3.05) is 0 Å². The maximum absolute atomic E-state index is 12.5. The molecule has 0 unspecified atom stereocenters. The first-order valence-electron chi connectivity index (χ1n) is 5.08. The fourth-order valence-electron chi connectivity index (χ4n) is 1.50. The summed E-state index contributed by atoms with van der Waals surface area (Å²) in [6, 6.07) is 3.65. The number of halogens is 7. The van der Waals surface area contributed by atoms with E-state index in [-0.39, 0.29) is 25.8 Å². The Morgan fingerprint density at radius 3 is 1.85 bits per heavy atom. The summed E-state index contributed by atoms with van der Waals surface area (Å²) in [6.45, 7) is 0. The molecule has 1 nitrogen and oxygen atoms in total. The van der Waals surface area contributed by atoms with E-state index < -0.39 is 11.7 Å². The van der Waals surface area contributed by atoms with Gasteiger partial charge in [0.1, 0.15) is 0 Å². The molecule has 1 heterocycles. The summed E-state index contributed by atoms with van der Waals surface area (Å²) >= 11 is 23.3. The molecule has 0 atom stereocenters. The molecule has 0 aliphatic carbocycles. The molecule has 106 valence electrons. The van der Waals surface area contributed by atoms with Gasteiger partial charge in [0, 0.05) is 11.8 Å². The SMILES string of the molecule is FC(F)(F)c1cnc(-c2cc(Cl)c(Cl)c(Cl)c2)c(Cl)c1. The highest BCUT2D eigenvalue weighted by Crippen LogP contribution is 2.38. The summed E-state index contributed by atoms with van der Waals surface area (Å²) in [4.78, 5) is 3.71. The molecule has 1 aromatic carbocycles. The van der Waals surface area contributed by atoms with Gasteiger partial charge in [-0.3, -0.25) is 4.98 Å². The molecule has 20 heavy (non-hydrogen) atoms. The fraction of sp³-hybridized carbons (Fsp3) is 0.0833. The topological polar surface area (TPSA) is 12.9 Å². The van der Waals surface area contributed by atoms with Crippen molar-refractivity contribution in [2.24, 2.45) is 0 Å². The zero-order valence-corrected chi connectivity index (χ0v) is 12.4. The minimum absolute atomic E-state index is 0.139. The second-order valence-corrected chi connectivity index (χ2v) is 5.41. The molecular formula is C12H4Cl4F3N. The minimum Gasteiger partial charge on any atom is -0.254 e. The highest BCUT2D eigenvalue weighted by molar-refractivity contribution is 6.48. The van der Waals surface area contributed by atoms with Crippen LogP contribution in [0.25, 0.3) is 11.3 Å². The van der Waals surface area contributed by atoms with Crippen molar-refractivity contribution in [1.29, 1.82) is 0 Å². The zero-order valence-electron chi connectivity index (χ0n) is 9.40. The van der Waals surface area contributed by atoms with Gasteiger partial charge in [0.25, 0.3) is 0 Å². The van der Waals surface area contributed by atoms with Crippen molar-refractivity contribution in [3.05, 3.63) is 50.0 Å². The van der Waals surface area contributed by atoms with Gasteiger partial charge in [-0.1, -0.05) is 46.4 Å². The minimum atomic E-state index is -4.51. The summed E-state index contributed by atoms with van der Waals surface area (Å²) in [5, 5.41) is 0.313. The highest BCUT2D eigenvalue weighted by atomic mass is 35.5. The molecule has 0 amide bonds. The Bertz CT molecular complexity index is 647. The lowest BCUT2D eigenvalue weighted by Crippen LogP contribution is -2.05. The average molecular weight is 361 g/mol. The smallest absolute Gasteiger partial charge is 0.254 e. The molecule has 0 saturated heterocycles. The molecular weight excluding hydrogens is 357 g/mol. The molecule has 0 aliphatic heterocycles. The number of hydrogen-bond acceptors (Lipinski definition) is 1. The number of nitrogens with zero attached hydrogens (tertiary/aromatic N) is 1. The van der Waals surface area contributed by atoms with Gasteiger partial charge in [-0.25, -0.2) is 0 Å². The maximum Gasteiger partial charge on any atom is 0.417 e. The van der Waals surface area contributed by atoms with Crippen molar-refractivity contribution in [3.63, 3.8) is 0 Å². The van der Waals surface area contributed by atoms with Gasteiger partial charge in [0.2, 0.25) is 0 Å². The van der Waals surface area contributed by atoms with Crippen LogP contribution in [0.5, 0.6) is 0 Å². The standard InChI is InChI=1S/C12H4Cl4F3N/c13-7-1-5(2-8(14)10(7)16)11-9(15)3-6(4-20-11)12(17,18)19/h1-4H. The second kappa shape index (κ2) is 5.60. The van der Waals surface area contributed by atoms with Crippen LogP contribution in [0.4, 0.5) is 13.2 Å². The number of benzene rings is 1. The molecule has 0 N–H and O–H groups in total. The lowest BCUT2D eigenvalue weighted by atomic mass is 10.1. The third kappa shape index (κ3) is 3.14. The average Bonchev–Trinajstić information content (AvgIpc) is 2.34. The number of aromatic nitrogens is 1. The molecule has 1 aromatic heterocycles. The van der Waals surface area contributed by atoms with Crippen LogP contribution in [-0.4, -0.2) is 4.98 Å². The van der Waals surface area contributed by atoms with Crippen molar-refractivity contribution >= 4 is 46.4 Å². The van der Waals surface area contributed by atoms with Crippen LogP contribution >= 0.6 is 46.4 Å². The van der Waals surface area contributed by atoms with E-state index in [1.54, 1.807) is 0 Å². The van der Waals surface area contributed by atoms with Crippen molar-refractivity contribution in [2.45, 2.75) is 6.18 Å². The Morgan fingerprint density at radius 2 is 1.40 bits per heavy atom. The Morgan fingerprint density at radius 1 is 0.850 bits per heavy atom. The molecule has 0 fully saturated rings. The number of pyridine rings is 1. The number of alkyl halides is 3. The van der Waals surface area contributed by atoms with Crippen molar-refractivity contribution in [3.8, 4) is 11.3 Å². The molecule has 2 aromatic rings. The molecule has 8 heteroatoms. The van der Waals surface area contributed by atoms with Gasteiger partial charge >= 0.3 is 6.18 Å². The van der Waals surface area contributed by atoms with Gasteiger partial charge in [0.05, 0.1) is 31.3 Å². The number of hydrogen-bond donors (Lipinski definition) is 0. The zero-order chi connectivity index (χ0) is 15.1. The summed E-state index contributed by atoms with van der Waals surface area (Å²) in [5.74, 6) is 0. The van der Waals surface area contributed by atoms with Crippen molar-refractivity contribution in [1.82, 2.24) is 4.98 Å². The molecule has 0 aliphatic rings. The van der Waals surface area contributed by atoms with E-state index in [4.69, 9.17) is 46.4 Å². The van der Waals surface area contributed by atoms with E-state index in [2.05, 4.69) is 4.98 Å². The van der Waals surface area contributed by atoms with Gasteiger partial charge in [-0.15, -0.1) is 0 Å². The monoisotopic (exact) mass is 359 g/mol. The van der Waals surface area contributed by atoms with E-state index in [0.717, 1.165) is 6.07 Å². The first-order valence-corrected chi connectivity index (χ1v) is 6.59. The van der Waals surface area contributed by atoms with Gasteiger partial charge < -0.3 is 0 Å². The normalized spacial score (nSPS) is 11.8. The largest absolute Gasteiger partial charge is 0.417 e. The summed E-state index contributed by atoms with van der Waals surface area (Å²) in [7, 11) is 0. The number of rotatable bonds is 1. The van der Waals surface area contributed by atoms with Crippen LogP contribution in [0.15, 0.2) is 24.4 Å². The fourth-order valence-corrected chi connectivity index (χ4v) is 2.37. The molecule has 0 saturated carbocycles. The van der Waals surface area contributed by atoms with E-state index in [1.165, 1.54) is 12.1 Å². The van der Waals surface area contributed by atoms with Crippen LogP contribution in [0.1, 0.15) is 5.56 Å². The quantitative estimate of drug-likeness (QED) is 0.537. The second-order valence-electron chi connectivity index (χ2n) is 3.81. The van der Waals surface area contributed by atoms with Crippen LogP contribution in [-0.2, 0) is 6.18 Å². The maximum atomic E-state index is 12.5. The molecule has 0 bridgehead atoms. The Kier molecular flexibility index (Phi) is 4.40. The van der Waals surface area contributed by atoms with Gasteiger partial charge in [-0.2, -0.15) is 13.2 Å². The van der Waals surface area contributed by atoms with Crippen LogP contribution in [0.2, 0.25) is 20.1 Å². The third-order valence-corrected chi connectivity index (χ3v) is 3.91. The predicted molar refractivity (Wildman–Crippen MR) is 74.7 cm³/mol. The summed E-state index contributed by atoms with van der Waals surface area (Å²) < 4.78 is 37.6. The summed E-state index contributed by atoms with van der Waals surface area (Å²) in [5.41, 5.74) is -0.416. The molecule has 2 rings (SSSR count). The predicted octanol–water partition coefficient (Wildman–Crippen LogP) is 6.38. The third-order valence-electron chi connectivity index (χ3n) is 2.43. The Hall–Kier alpha value is -0.680. The lowest BCUT2D eigenvalue weighted by Gasteiger charge is -2.10. The van der Waals surface area contributed by atoms with Crippen LogP contribution in [0.3, 0.4) is 0 Å². The van der Waals surface area contributed by atoms with Gasteiger partial charge in [-0.05, 0) is 18.2 Å². The Balaban J connectivity index is 2.54. The van der Waals surface area contributed by atoms with E-state index in [9.17, 15) is 13.2 Å². The first kappa shape index (κ1) is 15.7. The van der Waals surface area contributed by atoms with Gasteiger partial charge in [0.15, 0.2) is 0 Å². The first-order chi connectivity index (χ1) is 9.20. The highest BCUT2D eigenvalue weighted by Gasteiger charge is 2.31. The van der Waals surface area contributed by atoms with E-state index in [1.807, 2.05) is 0 Å². The Labute approximate surface area is 132 Å². The lowest BCUT2D eigenvalue weighted by molar-refractivity contribution is -0.137. The van der Waals surface area contributed by atoms with Crippen molar-refractivity contribution < 1.29 is 13.2 Å². The van der Waals surface area contributed by atoms with E-state index >= 15 is 0 Å². The molecule has 0 spiro atoms. The molecule has 0 radical (unpaired) electrons.